The number of aldehydes is 1. The van der Waals surface area contributed by atoms with E-state index in [1.807, 2.05) is 17.0 Å². The number of nitrogens with one attached hydrogen (secondary N) is 1. The number of nitrogens with zero attached hydrogens (tertiary/aromatic N) is 6. The van der Waals surface area contributed by atoms with Gasteiger partial charge in [0.2, 0.25) is 0 Å². The molecule has 4 aliphatic heterocycles. The van der Waals surface area contributed by atoms with Gasteiger partial charge >= 0.3 is 49.0 Å². The molecule has 448 valence electrons. The fourth-order valence-electron chi connectivity index (χ4n) is 6.60. The summed E-state index contributed by atoms with van der Waals surface area (Å²) in [4.78, 5) is 48.6. The van der Waals surface area contributed by atoms with Crippen LogP contribution < -0.4 is 15.1 Å². The predicted octanol–water partition coefficient (Wildman–Crippen LogP) is 10.9. The molecule has 2 amide bonds. The summed E-state index contributed by atoms with van der Waals surface area (Å²) in [7, 11) is 0. The first-order valence-corrected chi connectivity index (χ1v) is 22.7. The number of anilines is 2. The van der Waals surface area contributed by atoms with Gasteiger partial charge in [0.1, 0.15) is 0 Å². The summed E-state index contributed by atoms with van der Waals surface area (Å²) >= 11 is 0. The lowest BCUT2D eigenvalue weighted by Gasteiger charge is -2.36. The van der Waals surface area contributed by atoms with Crippen molar-refractivity contribution in [2.45, 2.75) is 117 Å². The van der Waals surface area contributed by atoms with E-state index in [4.69, 9.17) is 31.8 Å². The van der Waals surface area contributed by atoms with Gasteiger partial charge in [-0.2, -0.15) is 65.9 Å². The van der Waals surface area contributed by atoms with Crippen molar-refractivity contribution < 1.29 is 122 Å². The first kappa shape index (κ1) is 47.4. The number of hydrogen-bond acceptors (Lipinski definition) is 11. The summed E-state index contributed by atoms with van der Waals surface area (Å²) in [6.07, 6.45) is -40.2. The summed E-state index contributed by atoms with van der Waals surface area (Å²) in [6.45, 7) is -13.9. The summed E-state index contributed by atoms with van der Waals surface area (Å²) in [6, 6.07) is 10.8. The van der Waals surface area contributed by atoms with Crippen LogP contribution in [0.2, 0.25) is 0 Å². The number of aryl methyl sites for hydroxylation is 2. The Kier molecular flexibility index (Phi) is 19.4. The molecule has 4 heterocycles. The molecule has 0 atom stereocenters. The van der Waals surface area contributed by atoms with Crippen LogP contribution in [0.15, 0.2) is 36.4 Å². The lowest BCUT2D eigenvalue weighted by Crippen LogP contribution is -2.52. The summed E-state index contributed by atoms with van der Waals surface area (Å²) in [5.41, 5.74) is 4.73. The molecule has 6 rings (SSSR count). The Morgan fingerprint density at radius 2 is 0.987 bits per heavy atom. The molecule has 14 nitrogen and oxygen atoms in total. The fourth-order valence-corrected chi connectivity index (χ4v) is 6.60. The smallest absolute Gasteiger partial charge is 0.475 e. The van der Waals surface area contributed by atoms with Gasteiger partial charge in [0.15, 0.2) is 6.29 Å². The number of halogens is 15. The zero-order valence-corrected chi connectivity index (χ0v) is 41.4. The van der Waals surface area contributed by atoms with Crippen LogP contribution in [0.1, 0.15) is 103 Å². The Labute approximate surface area is 466 Å². The number of amides is 2. The third-order valence-electron chi connectivity index (χ3n) is 10.4. The second-order valence-electron chi connectivity index (χ2n) is 16.1. The van der Waals surface area contributed by atoms with Gasteiger partial charge in [0.05, 0.1) is 11.0 Å². The maximum absolute atomic E-state index is 13.0. The van der Waals surface area contributed by atoms with E-state index in [2.05, 4.69) is 53.0 Å². The molecular formula is C49H70F15N7O7. The first-order chi connectivity index (χ1) is 41.7. The predicted molar refractivity (Wildman–Crippen MR) is 261 cm³/mol. The van der Waals surface area contributed by atoms with Crippen molar-refractivity contribution in [2.75, 3.05) is 108 Å². The topological polar surface area (TPSA) is 138 Å². The molecule has 4 saturated heterocycles. The van der Waals surface area contributed by atoms with E-state index in [9.17, 15) is 80.2 Å². The molecule has 2 N–H and O–H groups in total. The van der Waals surface area contributed by atoms with Crippen molar-refractivity contribution in [1.29, 1.82) is 0 Å². The highest BCUT2D eigenvalue weighted by Gasteiger charge is 2.61. The minimum atomic E-state index is -6.23. The Hall–Kier alpha value is -5.45. The molecule has 2 aromatic rings. The van der Waals surface area contributed by atoms with E-state index >= 15 is 0 Å². The number of carboxylic acid groups (broad SMARTS) is 1. The molecule has 0 aromatic heterocycles. The van der Waals surface area contributed by atoms with Crippen molar-refractivity contribution in [1.82, 2.24) is 24.9 Å². The molecule has 0 bridgehead atoms. The van der Waals surface area contributed by atoms with E-state index < -0.39 is 130 Å². The van der Waals surface area contributed by atoms with Crippen molar-refractivity contribution >= 4 is 35.8 Å². The quantitative estimate of drug-likeness (QED) is 0.173. The van der Waals surface area contributed by atoms with Gasteiger partial charge in [0.25, 0.3) is 12.2 Å². The van der Waals surface area contributed by atoms with E-state index in [0.29, 0.717) is 18.8 Å². The van der Waals surface area contributed by atoms with Gasteiger partial charge in [0, 0.05) is 113 Å². The highest BCUT2D eigenvalue weighted by molar-refractivity contribution is 5.85. The third-order valence-corrected chi connectivity index (χ3v) is 10.4. The monoisotopic (exact) mass is 1170 g/mol. The lowest BCUT2D eigenvalue weighted by atomic mass is 10.1. The lowest BCUT2D eigenvalue weighted by molar-refractivity contribution is -0.309. The fraction of sp³-hybridized carbons (Fsp3) is 0.673. The van der Waals surface area contributed by atoms with Crippen LogP contribution in [0.25, 0.3) is 0 Å². The van der Waals surface area contributed by atoms with Crippen LogP contribution in [-0.4, -0.2) is 190 Å². The number of aliphatic carboxylic acids is 1. The van der Waals surface area contributed by atoms with Crippen molar-refractivity contribution in [3.05, 3.63) is 58.7 Å². The molecule has 4 fully saturated rings. The SMILES string of the molecule is C.CCN(CC)CC.Cc1ccc(C=O)c(N2CCCC2)c1.O=C(O)C(F)(F)F.[2H]C1([2H])N(Cc2ccc(C)cc2N2CCCC2)C([2H])([2H])C([2H])([2H])N(C(=O)OC(C(F)(F)F)C(F)(F)F)C1([2H])[2H].[2H]C1([2H])NC([2H])([2H])C([2H])([2H])N(C(=O)OC(C(F)(F)F)C(F)(F)F)C1([2H])[2H]. The number of carboxylic acids is 1. The molecular weight excluding hydrogens is 1080 g/mol. The number of carbonyl (C=O) groups is 4. The number of benzene rings is 2. The van der Waals surface area contributed by atoms with Crippen LogP contribution in [0, 0.1) is 13.8 Å². The van der Waals surface area contributed by atoms with Crippen LogP contribution >= 0.6 is 0 Å². The normalized spacial score (nSPS) is 24.6. The minimum absolute atomic E-state index is 0. The third kappa shape index (κ3) is 24.3. The Morgan fingerprint density at radius 1 is 0.628 bits per heavy atom. The molecule has 0 unspecified atom stereocenters. The molecule has 4 aliphatic rings. The van der Waals surface area contributed by atoms with E-state index in [0.717, 1.165) is 49.0 Å². The van der Waals surface area contributed by atoms with Crippen LogP contribution in [0.5, 0.6) is 0 Å². The van der Waals surface area contributed by atoms with E-state index in [1.165, 1.54) is 49.4 Å². The van der Waals surface area contributed by atoms with Gasteiger partial charge < -0.3 is 44.4 Å². The number of piperazine rings is 2. The number of alkyl halides is 15. The van der Waals surface area contributed by atoms with Crippen LogP contribution in [0.3, 0.4) is 0 Å². The highest BCUT2D eigenvalue weighted by atomic mass is 19.4. The number of ether oxygens (including phenoxy) is 2. The average Bonchev–Trinajstić information content (AvgIpc) is 0.746. The molecule has 0 saturated carbocycles. The number of hydrogen-bond donors (Lipinski definition) is 2. The number of rotatable bonds is 10. The van der Waals surface area contributed by atoms with Crippen molar-refractivity contribution in [3.63, 3.8) is 0 Å². The molecule has 0 aliphatic carbocycles. The largest absolute Gasteiger partial charge is 0.490 e. The Balaban J connectivity index is 0.000000683. The maximum atomic E-state index is 13.0. The molecule has 2 aromatic carbocycles. The minimum Gasteiger partial charge on any atom is -0.475 e. The van der Waals surface area contributed by atoms with Crippen LogP contribution in [-0.2, 0) is 20.8 Å². The zero-order valence-electron chi connectivity index (χ0n) is 57.4. The van der Waals surface area contributed by atoms with Crippen molar-refractivity contribution in [2.24, 2.45) is 0 Å². The Bertz CT molecular complexity index is 2780. The van der Waals surface area contributed by atoms with Crippen molar-refractivity contribution in [3.8, 4) is 0 Å². The van der Waals surface area contributed by atoms with E-state index in [1.54, 1.807) is 19.1 Å². The summed E-state index contributed by atoms with van der Waals surface area (Å²) < 4.78 is 316. The van der Waals surface area contributed by atoms with Gasteiger partial charge in [-0.3, -0.25) is 9.69 Å². The standard InChI is InChI=1S/C20H25F6N3O2.C12H15NO.C8H10F6N2O2.C6H15N.C2HF3O2.CH4/c1-14-4-5-15(16(12-14)28-6-2-3-7-28)13-27-8-10-29(11-9-27)18(30)31-17(19(21,22)23)20(24,25)26;1-10-4-5-11(9-14)12(8-10)13-6-2-3-7-13;9-7(10,11)5(8(12,13)14)18-6(17)16-3-1-15-2-4-16;1-4-7(5-2)6-3;3-2(4,5)1(6)7;/h4-5,12,17H,2-3,6-11,13H2,1H3;4-5,8-9H,2-3,6-7H2,1H3;5,15H,1-4H2;4-6H2,1-3H3;(H,6,7);1H4/i8D2,9D2,10D2,11D2;;1D2,2D2,3D2,4D2;;;. The first-order valence-electron chi connectivity index (χ1n) is 30.7. The molecule has 78 heavy (non-hydrogen) atoms. The zero-order chi connectivity index (χ0) is 72.9. The molecule has 0 radical (unpaired) electrons. The molecule has 29 heteroatoms. The average molecular weight is 1170 g/mol. The van der Waals surface area contributed by atoms with Gasteiger partial charge in [-0.15, -0.1) is 0 Å². The highest BCUT2D eigenvalue weighted by Crippen LogP contribution is 2.38. The molecule has 0 spiro atoms. The second kappa shape index (κ2) is 32.0. The Morgan fingerprint density at radius 3 is 1.33 bits per heavy atom. The van der Waals surface area contributed by atoms with E-state index in [-0.39, 0.29) is 17.9 Å². The van der Waals surface area contributed by atoms with Gasteiger partial charge in [-0.05, 0) is 94.1 Å². The van der Waals surface area contributed by atoms with Gasteiger partial charge in [-0.1, -0.05) is 46.4 Å². The summed E-state index contributed by atoms with van der Waals surface area (Å²) in [5.74, 6) is -2.76. The van der Waals surface area contributed by atoms with Crippen LogP contribution in [0.4, 0.5) is 86.8 Å². The summed E-state index contributed by atoms with van der Waals surface area (Å²) in [5, 5.41) is 8.36. The number of carbonyl (C=O) groups excluding carboxylic acids is 3. The maximum Gasteiger partial charge on any atom is 0.490 e. The van der Waals surface area contributed by atoms with Gasteiger partial charge in [-0.25, -0.2) is 14.4 Å². The second-order valence-corrected chi connectivity index (χ2v) is 16.1.